The molecule has 72 valence electrons. The van der Waals surface area contributed by atoms with Gasteiger partial charge in [-0.1, -0.05) is 0 Å². The lowest BCUT2D eigenvalue weighted by Gasteiger charge is -2.16. The van der Waals surface area contributed by atoms with Crippen LogP contribution in [0.4, 0.5) is 5.82 Å². The molecule has 0 unspecified atom stereocenters. The van der Waals surface area contributed by atoms with E-state index in [0.29, 0.717) is 5.82 Å². The first kappa shape index (κ1) is 9.57. The van der Waals surface area contributed by atoms with Gasteiger partial charge in [-0.05, 0) is 0 Å². The second kappa shape index (κ2) is 3.08. The Balaban J connectivity index is 3.60. The highest BCUT2D eigenvalue weighted by atomic mass is 16.2. The van der Waals surface area contributed by atoms with Crippen LogP contribution in [0.5, 0.6) is 0 Å². The van der Waals surface area contributed by atoms with Crippen molar-refractivity contribution in [2.75, 3.05) is 19.0 Å². The molecule has 1 aromatic rings. The van der Waals surface area contributed by atoms with Crippen LogP contribution in [-0.2, 0) is 14.1 Å². The summed E-state index contributed by atoms with van der Waals surface area (Å²) in [5.41, 5.74) is -0.594. The van der Waals surface area contributed by atoms with E-state index in [-0.39, 0.29) is 11.2 Å². The van der Waals surface area contributed by atoms with Crippen molar-refractivity contribution < 1.29 is 0 Å². The number of hydrogen-bond donors (Lipinski definition) is 0. The molecule has 0 fully saturated rings. The molecule has 0 atom stereocenters. The molecule has 0 aliphatic heterocycles. The van der Waals surface area contributed by atoms with Crippen LogP contribution in [0.15, 0.2) is 15.7 Å². The quantitative estimate of drug-likeness (QED) is 0.570. The highest BCUT2D eigenvalue weighted by molar-refractivity contribution is 5.35. The summed E-state index contributed by atoms with van der Waals surface area (Å²) in [6.07, 6.45) is 0. The molecule has 1 rings (SSSR count). The number of aromatic nitrogens is 2. The summed E-state index contributed by atoms with van der Waals surface area (Å²) in [6.45, 7) is 0. The van der Waals surface area contributed by atoms with Crippen LogP contribution in [0.3, 0.4) is 0 Å². The van der Waals surface area contributed by atoms with Crippen LogP contribution in [0.2, 0.25) is 0 Å². The van der Waals surface area contributed by atoms with Gasteiger partial charge in [-0.25, -0.2) is 4.79 Å². The Labute approximate surface area is 75.8 Å². The van der Waals surface area contributed by atoms with Gasteiger partial charge >= 0.3 is 5.69 Å². The van der Waals surface area contributed by atoms with E-state index >= 15 is 0 Å². The highest BCUT2D eigenvalue weighted by Gasteiger charge is 2.06. The van der Waals surface area contributed by atoms with Crippen LogP contribution < -0.4 is 16.1 Å². The number of hydrogen-bond acceptors (Lipinski definition) is 3. The first-order valence-electron chi connectivity index (χ1n) is 3.89. The smallest absolute Gasteiger partial charge is 0.332 e. The van der Waals surface area contributed by atoms with Gasteiger partial charge in [0.2, 0.25) is 0 Å². The van der Waals surface area contributed by atoms with E-state index in [1.54, 1.807) is 26.0 Å². The van der Waals surface area contributed by atoms with Crippen molar-refractivity contribution in [1.29, 1.82) is 0 Å². The minimum atomic E-state index is -0.309. The Morgan fingerprint density at radius 3 is 2.15 bits per heavy atom. The van der Waals surface area contributed by atoms with E-state index in [9.17, 15) is 9.59 Å². The van der Waals surface area contributed by atoms with Gasteiger partial charge in [0.1, 0.15) is 5.82 Å². The van der Waals surface area contributed by atoms with Crippen LogP contribution >= 0.6 is 0 Å². The minimum Gasteiger partial charge on any atom is -0.364 e. The fraction of sp³-hybridized carbons (Fsp3) is 0.500. The molecular weight excluding hydrogens is 170 g/mol. The average Bonchev–Trinajstić information content (AvgIpc) is 2.07. The molecule has 0 aromatic carbocycles. The molecule has 5 heteroatoms. The van der Waals surface area contributed by atoms with Crippen molar-refractivity contribution in [2.45, 2.75) is 0 Å². The van der Waals surface area contributed by atoms with Gasteiger partial charge in [-0.2, -0.15) is 0 Å². The lowest BCUT2D eigenvalue weighted by atomic mass is 10.5. The largest absolute Gasteiger partial charge is 0.364 e. The Bertz CT molecular complexity index is 428. The van der Waals surface area contributed by atoms with Gasteiger partial charge in [0.05, 0.1) is 0 Å². The number of anilines is 1. The molecular formula is C8H13N3O2. The zero-order valence-electron chi connectivity index (χ0n) is 8.24. The maximum absolute atomic E-state index is 11.4. The number of nitrogens with zero attached hydrogens (tertiary/aromatic N) is 3. The summed E-state index contributed by atoms with van der Waals surface area (Å²) in [5, 5.41) is 0. The van der Waals surface area contributed by atoms with E-state index in [1.807, 2.05) is 0 Å². The Morgan fingerprint density at radius 1 is 1.15 bits per heavy atom. The second-order valence-corrected chi connectivity index (χ2v) is 3.14. The van der Waals surface area contributed by atoms with Crippen LogP contribution in [-0.4, -0.2) is 23.2 Å². The van der Waals surface area contributed by atoms with Gasteiger partial charge < -0.3 is 4.90 Å². The molecule has 0 saturated carbocycles. The highest BCUT2D eigenvalue weighted by Crippen LogP contribution is 2.01. The lowest BCUT2D eigenvalue weighted by molar-refractivity contribution is 0.680. The maximum atomic E-state index is 11.4. The third kappa shape index (κ3) is 1.49. The average molecular weight is 183 g/mol. The standard InChI is InChI=1S/C8H13N3O2/c1-9(2)6-5-7(12)11(4)8(13)10(6)3/h5H,1-4H3. The van der Waals surface area contributed by atoms with Crippen LogP contribution in [0.25, 0.3) is 0 Å². The second-order valence-electron chi connectivity index (χ2n) is 3.14. The van der Waals surface area contributed by atoms with Gasteiger partial charge in [0, 0.05) is 34.3 Å². The fourth-order valence-corrected chi connectivity index (χ4v) is 1.15. The maximum Gasteiger partial charge on any atom is 0.332 e. The van der Waals surface area contributed by atoms with Gasteiger partial charge in [-0.15, -0.1) is 0 Å². The van der Waals surface area contributed by atoms with Gasteiger partial charge in [0.25, 0.3) is 5.56 Å². The van der Waals surface area contributed by atoms with Gasteiger partial charge in [0.15, 0.2) is 0 Å². The SMILES string of the molecule is CN(C)c1cc(=O)n(C)c(=O)n1C. The molecule has 1 heterocycles. The zero-order valence-corrected chi connectivity index (χ0v) is 8.24. The molecule has 13 heavy (non-hydrogen) atoms. The topological polar surface area (TPSA) is 47.2 Å². The summed E-state index contributed by atoms with van der Waals surface area (Å²) in [7, 11) is 6.67. The van der Waals surface area contributed by atoms with Crippen molar-refractivity contribution in [3.63, 3.8) is 0 Å². The third-order valence-electron chi connectivity index (χ3n) is 1.96. The number of rotatable bonds is 1. The summed E-state index contributed by atoms with van der Waals surface area (Å²) in [5.74, 6) is 0.605. The molecule has 0 N–H and O–H groups in total. The van der Waals surface area contributed by atoms with E-state index in [0.717, 1.165) is 4.57 Å². The van der Waals surface area contributed by atoms with E-state index in [1.165, 1.54) is 17.7 Å². The molecule has 0 radical (unpaired) electrons. The molecule has 0 spiro atoms. The molecule has 1 aromatic heterocycles. The third-order valence-corrected chi connectivity index (χ3v) is 1.96. The fourth-order valence-electron chi connectivity index (χ4n) is 1.15. The Kier molecular flexibility index (Phi) is 2.27. The predicted octanol–water partition coefficient (Wildman–Crippen LogP) is -0.850. The monoisotopic (exact) mass is 183 g/mol. The zero-order chi connectivity index (χ0) is 10.2. The first-order valence-corrected chi connectivity index (χ1v) is 3.89. The van der Waals surface area contributed by atoms with Crippen molar-refractivity contribution in [2.24, 2.45) is 14.1 Å². The Morgan fingerprint density at radius 2 is 1.69 bits per heavy atom. The minimum absolute atomic E-state index is 0.285. The summed E-state index contributed by atoms with van der Waals surface area (Å²) < 4.78 is 2.51. The van der Waals surface area contributed by atoms with Crippen molar-refractivity contribution in [3.8, 4) is 0 Å². The van der Waals surface area contributed by atoms with Gasteiger partial charge in [-0.3, -0.25) is 13.9 Å². The first-order chi connectivity index (χ1) is 5.95. The molecule has 5 nitrogen and oxygen atoms in total. The molecule has 0 aliphatic rings. The summed E-state index contributed by atoms with van der Waals surface area (Å²) in [4.78, 5) is 24.4. The summed E-state index contributed by atoms with van der Waals surface area (Å²) >= 11 is 0. The van der Waals surface area contributed by atoms with Crippen molar-refractivity contribution >= 4 is 5.82 Å². The molecule has 0 amide bonds. The van der Waals surface area contributed by atoms with Crippen molar-refractivity contribution in [3.05, 3.63) is 26.9 Å². The van der Waals surface area contributed by atoms with Crippen LogP contribution in [0.1, 0.15) is 0 Å². The molecule has 0 saturated heterocycles. The molecule has 0 bridgehead atoms. The Hall–Kier alpha value is -1.52. The predicted molar refractivity (Wildman–Crippen MR) is 51.3 cm³/mol. The molecule has 0 aliphatic carbocycles. The van der Waals surface area contributed by atoms with Crippen LogP contribution in [0, 0.1) is 0 Å². The normalized spacial score (nSPS) is 10.2. The van der Waals surface area contributed by atoms with Crippen molar-refractivity contribution in [1.82, 2.24) is 9.13 Å². The summed E-state index contributed by atoms with van der Waals surface area (Å²) in [6, 6.07) is 1.43. The van der Waals surface area contributed by atoms with E-state index in [4.69, 9.17) is 0 Å². The van der Waals surface area contributed by atoms with E-state index < -0.39 is 0 Å². The lowest BCUT2D eigenvalue weighted by Crippen LogP contribution is -2.38. The van der Waals surface area contributed by atoms with E-state index in [2.05, 4.69) is 0 Å².